The van der Waals surface area contributed by atoms with E-state index in [1.807, 2.05) is 0 Å². The first-order chi connectivity index (χ1) is 9.72. The Morgan fingerprint density at radius 2 is 2.25 bits per heavy atom. The number of esters is 1. The topological polar surface area (TPSA) is 76.1 Å². The first-order valence-corrected chi connectivity index (χ1v) is 7.22. The molecule has 0 aromatic rings. The fourth-order valence-electron chi connectivity index (χ4n) is 3.13. The van der Waals surface area contributed by atoms with Gasteiger partial charge in [-0.1, -0.05) is 25.7 Å². The SMILES string of the molecule is [3H][B]SO[C@H]1C(C)(C)C(=O)N2COC(=O)[C@@]12[C@@H](O)C(C)C. The summed E-state index contributed by atoms with van der Waals surface area (Å²) >= 11 is 0.732. The number of carbonyl (C=O) groups is 2. The van der Waals surface area contributed by atoms with Crippen LogP contribution in [0.3, 0.4) is 0 Å². The van der Waals surface area contributed by atoms with Crippen LogP contribution >= 0.6 is 11.9 Å². The number of carbonyl (C=O) groups excluding carboxylic acids is 2. The second-order valence-electron chi connectivity index (χ2n) is 6.10. The Balaban J connectivity index is 2.55. The van der Waals surface area contributed by atoms with Gasteiger partial charge < -0.3 is 14.0 Å². The van der Waals surface area contributed by atoms with E-state index >= 15 is 0 Å². The van der Waals surface area contributed by atoms with Crippen LogP contribution in [0.2, 0.25) is 0 Å². The molecule has 2 aliphatic heterocycles. The summed E-state index contributed by atoms with van der Waals surface area (Å²) in [5.74, 6) is -1.22. The molecule has 2 saturated heterocycles. The van der Waals surface area contributed by atoms with Crippen LogP contribution in [0.1, 0.15) is 27.7 Å². The minimum Gasteiger partial charge on any atom is -0.442 e. The highest BCUT2D eigenvalue weighted by atomic mass is 32.2. The number of hydrogen-bond donors (Lipinski definition) is 1. The lowest BCUT2D eigenvalue weighted by atomic mass is 9.74. The predicted octanol–water partition coefficient (Wildman–Crippen LogP) is -0.0260. The molecule has 0 bridgehead atoms. The summed E-state index contributed by atoms with van der Waals surface area (Å²) in [5.41, 5.74) is -2.55. The lowest BCUT2D eigenvalue weighted by Crippen LogP contribution is -2.63. The second kappa shape index (κ2) is 4.93. The summed E-state index contributed by atoms with van der Waals surface area (Å²) in [7, 11) is 0.971. The van der Waals surface area contributed by atoms with Crippen molar-refractivity contribution in [2.24, 2.45) is 11.3 Å². The maximum atomic E-state index is 12.6. The average Bonchev–Trinajstić information content (AvgIpc) is 2.82. The van der Waals surface area contributed by atoms with Gasteiger partial charge in [0.25, 0.3) is 0 Å². The normalized spacial score (nSPS) is 34.0. The number of hydrogen-bond acceptors (Lipinski definition) is 6. The molecule has 0 spiro atoms. The number of fused-ring (bicyclic) bond motifs is 1. The van der Waals surface area contributed by atoms with Gasteiger partial charge in [-0.15, -0.1) is 0 Å². The molecule has 8 heteroatoms. The van der Waals surface area contributed by atoms with Crippen molar-refractivity contribution in [2.75, 3.05) is 6.73 Å². The summed E-state index contributed by atoms with van der Waals surface area (Å²) in [4.78, 5) is 26.3. The Labute approximate surface area is 125 Å². The number of nitrogens with zero attached hydrogens (tertiary/aromatic N) is 1. The van der Waals surface area contributed by atoms with Crippen LogP contribution in [0.25, 0.3) is 0 Å². The molecule has 0 aromatic heterocycles. The van der Waals surface area contributed by atoms with Gasteiger partial charge in [-0.3, -0.25) is 9.69 Å². The number of aliphatic hydroxyl groups excluding tert-OH is 1. The summed E-state index contributed by atoms with van der Waals surface area (Å²) in [6.07, 6.45) is -2.02. The van der Waals surface area contributed by atoms with E-state index in [0.29, 0.717) is 0 Å². The molecule has 20 heavy (non-hydrogen) atoms. The monoisotopic (exact) mass is 302 g/mol. The first kappa shape index (κ1) is 14.2. The van der Waals surface area contributed by atoms with Crippen LogP contribution < -0.4 is 0 Å². The van der Waals surface area contributed by atoms with Crippen molar-refractivity contribution in [3.63, 3.8) is 0 Å². The first-order valence-electron chi connectivity index (χ1n) is 6.99. The van der Waals surface area contributed by atoms with E-state index in [1.165, 1.54) is 4.90 Å². The van der Waals surface area contributed by atoms with Crippen molar-refractivity contribution < 1.29 is 23.6 Å². The van der Waals surface area contributed by atoms with Crippen molar-refractivity contribution in [2.45, 2.75) is 45.4 Å². The number of rotatable bonds is 5. The third-order valence-electron chi connectivity index (χ3n) is 4.18. The van der Waals surface area contributed by atoms with E-state index in [4.69, 9.17) is 10.3 Å². The van der Waals surface area contributed by atoms with Gasteiger partial charge in [0, 0.05) is 0 Å². The molecular weight excluding hydrogens is 281 g/mol. The molecule has 0 saturated carbocycles. The van der Waals surface area contributed by atoms with Gasteiger partial charge >= 0.3 is 5.97 Å². The molecule has 1 amide bonds. The largest absolute Gasteiger partial charge is 0.442 e. The number of aliphatic hydroxyl groups is 1. The van der Waals surface area contributed by atoms with Gasteiger partial charge in [-0.25, -0.2) is 4.79 Å². The Morgan fingerprint density at radius 1 is 1.60 bits per heavy atom. The third kappa shape index (κ3) is 1.74. The third-order valence-corrected chi connectivity index (χ3v) is 4.49. The van der Waals surface area contributed by atoms with Gasteiger partial charge in [0.05, 0.1) is 11.5 Å². The van der Waals surface area contributed by atoms with E-state index in [2.05, 4.69) is 0 Å². The van der Waals surface area contributed by atoms with Crippen molar-refractivity contribution in [1.82, 2.24) is 4.90 Å². The standard InChI is InChI=1S/C12H19BNO5S/c1-6(2)7(15)12-8(19-20-13)11(3,4)9(16)14(12)5-18-10(12)17/h6-8,13,15H,5H2,1-4H3/t7-,8-,12+/m0/s1/i13T. The minimum atomic E-state index is -1.55. The fourth-order valence-corrected chi connectivity index (χ4v) is 3.63. The Morgan fingerprint density at radius 3 is 2.80 bits per heavy atom. The number of ether oxygens (including phenoxy) is 1. The molecule has 3 atom stereocenters. The summed E-state index contributed by atoms with van der Waals surface area (Å²) in [6, 6.07) is 0. The molecule has 2 heterocycles. The van der Waals surface area contributed by atoms with E-state index in [9.17, 15) is 14.7 Å². The van der Waals surface area contributed by atoms with Gasteiger partial charge in [0.2, 0.25) is 13.0 Å². The van der Waals surface area contributed by atoms with Crippen molar-refractivity contribution in [1.29, 1.82) is 1.34 Å². The highest BCUT2D eigenvalue weighted by Crippen LogP contribution is 2.51. The Kier molecular flexibility index (Phi) is 3.50. The highest BCUT2D eigenvalue weighted by Gasteiger charge is 2.74. The predicted molar refractivity (Wildman–Crippen MR) is 74.8 cm³/mol. The molecule has 111 valence electrons. The van der Waals surface area contributed by atoms with Gasteiger partial charge in [-0.05, 0) is 21.1 Å². The lowest BCUT2D eigenvalue weighted by Gasteiger charge is -2.39. The minimum absolute atomic E-state index is 0.181. The smallest absolute Gasteiger partial charge is 0.339 e. The van der Waals surface area contributed by atoms with E-state index in [1.54, 1.807) is 27.7 Å². The van der Waals surface area contributed by atoms with Crippen LogP contribution in [0.15, 0.2) is 0 Å². The molecule has 2 rings (SSSR count). The zero-order valence-electron chi connectivity index (χ0n) is 13.0. The van der Waals surface area contributed by atoms with Gasteiger partial charge in [0.1, 0.15) is 6.10 Å². The molecule has 6 nitrogen and oxygen atoms in total. The maximum absolute atomic E-state index is 12.6. The molecule has 2 aliphatic rings. The average molecular weight is 302 g/mol. The zero-order valence-corrected chi connectivity index (χ0v) is 12.8. The van der Waals surface area contributed by atoms with Crippen LogP contribution in [0.5, 0.6) is 0 Å². The Bertz CT molecular complexity index is 463. The van der Waals surface area contributed by atoms with Crippen molar-refractivity contribution in [3.05, 3.63) is 0 Å². The molecular formula is C12H19BNO5S. The van der Waals surface area contributed by atoms with Crippen LogP contribution in [0, 0.1) is 11.3 Å². The molecule has 0 unspecified atom stereocenters. The number of amides is 1. The van der Waals surface area contributed by atoms with Crippen LogP contribution in [0.4, 0.5) is 0 Å². The molecule has 0 aliphatic carbocycles. The zero-order chi connectivity index (χ0) is 16.0. The summed E-state index contributed by atoms with van der Waals surface area (Å²) < 4.78 is 17.7. The Hall–Kier alpha value is -0.725. The summed E-state index contributed by atoms with van der Waals surface area (Å²) in [6.45, 7) is 6.69. The fraction of sp³-hybridized carbons (Fsp3) is 0.833. The van der Waals surface area contributed by atoms with Gasteiger partial charge in [-0.2, -0.15) is 0 Å². The molecule has 1 N–H and O–H groups in total. The van der Waals surface area contributed by atoms with Crippen molar-refractivity contribution in [3.8, 4) is 0 Å². The van der Waals surface area contributed by atoms with Crippen LogP contribution in [-0.4, -0.2) is 54.8 Å². The maximum Gasteiger partial charge on any atom is 0.339 e. The van der Waals surface area contributed by atoms with E-state index in [-0.39, 0.29) is 18.6 Å². The number of cyclic esters (lactones) is 1. The summed E-state index contributed by atoms with van der Waals surface area (Å²) in [5, 5.41) is 10.6. The second-order valence-corrected chi connectivity index (χ2v) is 6.49. The van der Waals surface area contributed by atoms with Crippen LogP contribution in [-0.2, 0) is 18.5 Å². The molecule has 0 aromatic carbocycles. The van der Waals surface area contributed by atoms with Gasteiger partial charge in [0.15, 0.2) is 12.3 Å². The quantitative estimate of drug-likeness (QED) is 0.437. The van der Waals surface area contributed by atoms with E-state index in [0.717, 1.165) is 19.0 Å². The molecule has 2 fully saturated rings. The molecule has 1 radical (unpaired) electrons. The van der Waals surface area contributed by atoms with E-state index < -0.39 is 29.1 Å². The highest BCUT2D eigenvalue weighted by molar-refractivity contribution is 8.15. The van der Waals surface area contributed by atoms with Crippen molar-refractivity contribution >= 4 is 30.9 Å². The lowest BCUT2D eigenvalue weighted by molar-refractivity contribution is -0.154.